The maximum absolute atomic E-state index is 11.4. The first kappa shape index (κ1) is 17.8. The number of aliphatic carboxylic acids is 1. The quantitative estimate of drug-likeness (QED) is 0.444. The molecule has 0 aliphatic heterocycles. The van der Waals surface area contributed by atoms with Crippen molar-refractivity contribution >= 4 is 17.7 Å². The second-order valence-corrected chi connectivity index (χ2v) is 6.09. The van der Waals surface area contributed by atoms with Crippen molar-refractivity contribution < 1.29 is 9.90 Å². The number of carbonyl (C=O) groups is 1. The van der Waals surface area contributed by atoms with Crippen molar-refractivity contribution in [3.63, 3.8) is 0 Å². The van der Waals surface area contributed by atoms with Crippen LogP contribution in [0.5, 0.6) is 0 Å². The maximum atomic E-state index is 11.4. The van der Waals surface area contributed by atoms with Crippen LogP contribution in [0.1, 0.15) is 40.0 Å². The number of H-pyrrole nitrogens is 1. The van der Waals surface area contributed by atoms with E-state index in [1.165, 1.54) is 11.8 Å². The van der Waals surface area contributed by atoms with Crippen LogP contribution < -0.4 is 11.0 Å². The number of carboxylic acid groups (broad SMARTS) is 1. The average molecular weight is 316 g/mol. The predicted octanol–water partition coefficient (Wildman–Crippen LogP) is 1.31. The first-order chi connectivity index (χ1) is 9.94. The molecule has 1 rings (SSSR count). The average Bonchev–Trinajstić information content (AvgIpc) is 2.79. The van der Waals surface area contributed by atoms with Gasteiger partial charge in [0.05, 0.1) is 0 Å². The molecule has 1 atom stereocenters. The van der Waals surface area contributed by atoms with E-state index in [0.717, 1.165) is 18.6 Å². The molecule has 120 valence electrons. The molecule has 0 aliphatic rings. The van der Waals surface area contributed by atoms with Crippen molar-refractivity contribution in [2.45, 2.75) is 57.3 Å². The highest BCUT2D eigenvalue weighted by atomic mass is 32.2. The summed E-state index contributed by atoms with van der Waals surface area (Å²) < 4.78 is 1.59. The van der Waals surface area contributed by atoms with E-state index >= 15 is 0 Å². The lowest BCUT2D eigenvalue weighted by molar-refractivity contribution is -0.144. The van der Waals surface area contributed by atoms with Crippen LogP contribution in [0.3, 0.4) is 0 Å². The standard InChI is InChI=1S/C13H24N4O3S/c1-4-14-13(3,10(18)19)8-6-7-9-21-12-16-15-11(20)17(12)5-2/h14H,4-9H2,1-3H3,(H,15,20)(H,18,19). The Balaban J connectivity index is 2.37. The van der Waals surface area contributed by atoms with Gasteiger partial charge in [0.2, 0.25) is 0 Å². The smallest absolute Gasteiger partial charge is 0.343 e. The molecule has 1 aromatic rings. The minimum Gasteiger partial charge on any atom is -0.480 e. The van der Waals surface area contributed by atoms with E-state index in [9.17, 15) is 14.7 Å². The van der Waals surface area contributed by atoms with E-state index in [1.807, 2.05) is 13.8 Å². The number of hydrogen-bond donors (Lipinski definition) is 3. The normalized spacial score (nSPS) is 14.0. The van der Waals surface area contributed by atoms with Gasteiger partial charge in [0.1, 0.15) is 5.54 Å². The van der Waals surface area contributed by atoms with E-state index in [2.05, 4.69) is 15.5 Å². The fourth-order valence-corrected chi connectivity index (χ4v) is 3.11. The Kier molecular flexibility index (Phi) is 6.97. The van der Waals surface area contributed by atoms with E-state index in [0.29, 0.717) is 24.7 Å². The van der Waals surface area contributed by atoms with E-state index in [1.54, 1.807) is 11.5 Å². The molecule has 0 amide bonds. The van der Waals surface area contributed by atoms with Gasteiger partial charge in [-0.25, -0.2) is 9.89 Å². The topological polar surface area (TPSA) is 100 Å². The molecule has 1 aromatic heterocycles. The summed E-state index contributed by atoms with van der Waals surface area (Å²) in [5.74, 6) is -0.00400. The molecule has 0 spiro atoms. The fourth-order valence-electron chi connectivity index (χ4n) is 2.10. The molecule has 1 heterocycles. The lowest BCUT2D eigenvalue weighted by Gasteiger charge is -2.25. The van der Waals surface area contributed by atoms with Crippen LogP contribution in [-0.4, -0.2) is 43.7 Å². The van der Waals surface area contributed by atoms with Crippen molar-refractivity contribution in [2.24, 2.45) is 0 Å². The molecule has 0 aliphatic carbocycles. The van der Waals surface area contributed by atoms with E-state index in [4.69, 9.17) is 0 Å². The number of carboxylic acids is 1. The molecule has 1 unspecified atom stereocenters. The lowest BCUT2D eigenvalue weighted by atomic mass is 9.95. The molecule has 0 bridgehead atoms. The number of aromatic amines is 1. The Morgan fingerprint density at radius 1 is 1.48 bits per heavy atom. The number of thioether (sulfide) groups is 1. The van der Waals surface area contributed by atoms with Gasteiger partial charge in [-0.05, 0) is 33.2 Å². The van der Waals surface area contributed by atoms with Gasteiger partial charge in [0, 0.05) is 12.3 Å². The molecule has 3 N–H and O–H groups in total. The molecule has 0 saturated heterocycles. The summed E-state index contributed by atoms with van der Waals surface area (Å²) in [6, 6.07) is 0. The molecule has 0 fully saturated rings. The van der Waals surface area contributed by atoms with Crippen LogP contribution >= 0.6 is 11.8 Å². The predicted molar refractivity (Wildman–Crippen MR) is 82.8 cm³/mol. The number of aromatic nitrogens is 3. The summed E-state index contributed by atoms with van der Waals surface area (Å²) in [5, 5.41) is 19.4. The first-order valence-corrected chi connectivity index (χ1v) is 8.19. The van der Waals surface area contributed by atoms with Crippen LogP contribution in [-0.2, 0) is 11.3 Å². The van der Waals surface area contributed by atoms with Gasteiger partial charge in [0.15, 0.2) is 5.16 Å². The monoisotopic (exact) mass is 316 g/mol. The number of rotatable bonds is 10. The van der Waals surface area contributed by atoms with Crippen LogP contribution in [0.2, 0.25) is 0 Å². The first-order valence-electron chi connectivity index (χ1n) is 7.21. The minimum atomic E-state index is -0.864. The molecule has 7 nitrogen and oxygen atoms in total. The number of likely N-dealkylation sites (N-methyl/N-ethyl adjacent to an activating group) is 1. The van der Waals surface area contributed by atoms with Gasteiger partial charge >= 0.3 is 11.7 Å². The third-order valence-corrected chi connectivity index (χ3v) is 4.44. The van der Waals surface area contributed by atoms with Crippen molar-refractivity contribution in [1.29, 1.82) is 0 Å². The van der Waals surface area contributed by atoms with Gasteiger partial charge < -0.3 is 10.4 Å². The van der Waals surface area contributed by atoms with Gasteiger partial charge in [0.25, 0.3) is 0 Å². The third-order valence-electron chi connectivity index (χ3n) is 3.38. The van der Waals surface area contributed by atoms with Crippen molar-refractivity contribution in [3.8, 4) is 0 Å². The molecule has 0 aromatic carbocycles. The summed E-state index contributed by atoms with van der Waals surface area (Å²) in [7, 11) is 0. The summed E-state index contributed by atoms with van der Waals surface area (Å²) in [6.45, 7) is 6.74. The molecule has 0 radical (unpaired) electrons. The second kappa shape index (κ2) is 8.23. The molecular weight excluding hydrogens is 292 g/mol. The van der Waals surface area contributed by atoms with Gasteiger partial charge in [-0.3, -0.25) is 9.36 Å². The Bertz CT molecular complexity index is 514. The Morgan fingerprint density at radius 2 is 2.19 bits per heavy atom. The number of nitrogens with one attached hydrogen (secondary N) is 2. The summed E-state index contributed by atoms with van der Waals surface area (Å²) in [4.78, 5) is 22.7. The SMILES string of the molecule is CCNC(C)(CCCCSc1n[nH]c(=O)n1CC)C(=O)O. The zero-order valence-corrected chi connectivity index (χ0v) is 13.6. The highest BCUT2D eigenvalue weighted by Gasteiger charge is 2.30. The summed E-state index contributed by atoms with van der Waals surface area (Å²) >= 11 is 1.52. The van der Waals surface area contributed by atoms with Crippen LogP contribution in [0, 0.1) is 0 Å². The Labute approximate surface area is 128 Å². The number of nitrogens with zero attached hydrogens (tertiary/aromatic N) is 2. The molecule has 8 heteroatoms. The largest absolute Gasteiger partial charge is 0.480 e. The Hall–Kier alpha value is -1.28. The molecule has 0 saturated carbocycles. The third kappa shape index (κ3) is 4.89. The summed E-state index contributed by atoms with van der Waals surface area (Å²) in [5.41, 5.74) is -1.05. The molecular formula is C13H24N4O3S. The fraction of sp³-hybridized carbons (Fsp3) is 0.769. The molecule has 21 heavy (non-hydrogen) atoms. The van der Waals surface area contributed by atoms with Gasteiger partial charge in [-0.2, -0.15) is 0 Å². The minimum absolute atomic E-state index is 0.189. The maximum Gasteiger partial charge on any atom is 0.343 e. The zero-order valence-electron chi connectivity index (χ0n) is 12.8. The lowest BCUT2D eigenvalue weighted by Crippen LogP contribution is -2.49. The number of hydrogen-bond acceptors (Lipinski definition) is 5. The van der Waals surface area contributed by atoms with Gasteiger partial charge in [-0.15, -0.1) is 5.10 Å². The Morgan fingerprint density at radius 3 is 2.76 bits per heavy atom. The van der Waals surface area contributed by atoms with Crippen molar-refractivity contribution in [1.82, 2.24) is 20.1 Å². The zero-order chi connectivity index (χ0) is 15.9. The van der Waals surface area contributed by atoms with Crippen LogP contribution in [0.15, 0.2) is 9.95 Å². The van der Waals surface area contributed by atoms with Crippen molar-refractivity contribution in [3.05, 3.63) is 10.5 Å². The van der Waals surface area contributed by atoms with E-state index in [-0.39, 0.29) is 5.69 Å². The number of unbranched alkanes of at least 4 members (excludes halogenated alkanes) is 1. The van der Waals surface area contributed by atoms with Crippen LogP contribution in [0.4, 0.5) is 0 Å². The second-order valence-electron chi connectivity index (χ2n) is 5.03. The summed E-state index contributed by atoms with van der Waals surface area (Å²) in [6.07, 6.45) is 2.27. The highest BCUT2D eigenvalue weighted by molar-refractivity contribution is 7.99. The highest BCUT2D eigenvalue weighted by Crippen LogP contribution is 2.19. The van der Waals surface area contributed by atoms with Crippen LogP contribution in [0.25, 0.3) is 0 Å². The van der Waals surface area contributed by atoms with Gasteiger partial charge in [-0.1, -0.05) is 25.1 Å². The van der Waals surface area contributed by atoms with E-state index < -0.39 is 11.5 Å². The van der Waals surface area contributed by atoms with Crippen molar-refractivity contribution in [2.75, 3.05) is 12.3 Å².